The van der Waals surface area contributed by atoms with Crippen molar-refractivity contribution in [1.82, 2.24) is 14.5 Å². The van der Waals surface area contributed by atoms with Crippen LogP contribution in [0.2, 0.25) is 0 Å². The fourth-order valence-corrected chi connectivity index (χ4v) is 5.22. The van der Waals surface area contributed by atoms with Crippen molar-refractivity contribution in [2.45, 2.75) is 51.0 Å². The lowest BCUT2D eigenvalue weighted by molar-refractivity contribution is -0.159. The molecule has 1 aromatic heterocycles. The van der Waals surface area contributed by atoms with Gasteiger partial charge in [0.05, 0.1) is 5.69 Å². The summed E-state index contributed by atoms with van der Waals surface area (Å²) in [6.07, 6.45) is 2.56. The van der Waals surface area contributed by atoms with Gasteiger partial charge in [-0.2, -0.15) is 0 Å². The first-order valence-corrected chi connectivity index (χ1v) is 10.7. The molecule has 7 heteroatoms. The van der Waals surface area contributed by atoms with E-state index in [0.717, 1.165) is 30.7 Å². The van der Waals surface area contributed by atoms with Crippen LogP contribution in [0.4, 0.5) is 8.78 Å². The Morgan fingerprint density at radius 3 is 2.53 bits per heavy atom. The van der Waals surface area contributed by atoms with E-state index in [1.165, 1.54) is 0 Å². The Labute approximate surface area is 173 Å². The van der Waals surface area contributed by atoms with Crippen LogP contribution in [0.15, 0.2) is 41.2 Å². The standard InChI is InChI=1S/C23H25F2N3O2/c24-23(25)13-17(14-23)21(30)27-10-8-22(15-27)7-6-19-26-18(16-4-2-1-3-5-16)12-20(29)28(19)11-9-22/h1-5,12,17H,6-11,13-15H2. The zero-order chi connectivity index (χ0) is 20.9. The molecule has 2 fully saturated rings. The first-order chi connectivity index (χ1) is 14.3. The molecular formula is C23H25F2N3O2. The van der Waals surface area contributed by atoms with Crippen molar-refractivity contribution in [2.75, 3.05) is 13.1 Å². The van der Waals surface area contributed by atoms with Gasteiger partial charge in [0.1, 0.15) is 5.82 Å². The minimum atomic E-state index is -2.68. The minimum Gasteiger partial charge on any atom is -0.342 e. The molecule has 158 valence electrons. The van der Waals surface area contributed by atoms with Crippen LogP contribution in [0.3, 0.4) is 0 Å². The summed E-state index contributed by atoms with van der Waals surface area (Å²) in [4.78, 5) is 32.0. The van der Waals surface area contributed by atoms with Crippen LogP contribution in [0.1, 0.15) is 37.9 Å². The highest BCUT2D eigenvalue weighted by atomic mass is 19.3. The number of aromatic nitrogens is 2. The summed E-state index contributed by atoms with van der Waals surface area (Å²) in [5, 5.41) is 0. The first-order valence-electron chi connectivity index (χ1n) is 10.7. The molecule has 2 aliphatic heterocycles. The minimum absolute atomic E-state index is 0.0430. The molecule has 1 spiro atoms. The van der Waals surface area contributed by atoms with Gasteiger partial charge >= 0.3 is 0 Å². The molecule has 5 rings (SSSR count). The third kappa shape index (κ3) is 3.44. The molecule has 2 aromatic rings. The Morgan fingerprint density at radius 2 is 1.80 bits per heavy atom. The molecule has 1 saturated heterocycles. The third-order valence-corrected chi connectivity index (χ3v) is 7.09. The van der Waals surface area contributed by atoms with E-state index in [1.807, 2.05) is 30.3 Å². The maximum Gasteiger partial charge on any atom is 0.254 e. The summed E-state index contributed by atoms with van der Waals surface area (Å²) in [5.74, 6) is -2.54. The van der Waals surface area contributed by atoms with Crippen molar-refractivity contribution < 1.29 is 13.6 Å². The van der Waals surface area contributed by atoms with Crippen molar-refractivity contribution in [3.8, 4) is 11.3 Å². The van der Waals surface area contributed by atoms with Gasteiger partial charge in [0.15, 0.2) is 0 Å². The van der Waals surface area contributed by atoms with Crippen LogP contribution < -0.4 is 5.56 Å². The van der Waals surface area contributed by atoms with Crippen LogP contribution in [0.25, 0.3) is 11.3 Å². The molecule has 1 aliphatic carbocycles. The van der Waals surface area contributed by atoms with E-state index in [2.05, 4.69) is 0 Å². The summed E-state index contributed by atoms with van der Waals surface area (Å²) < 4.78 is 28.1. The van der Waals surface area contributed by atoms with Crippen molar-refractivity contribution in [3.63, 3.8) is 0 Å². The van der Waals surface area contributed by atoms with Gasteiger partial charge < -0.3 is 4.90 Å². The average Bonchev–Trinajstić information content (AvgIpc) is 3.04. The monoisotopic (exact) mass is 413 g/mol. The highest BCUT2D eigenvalue weighted by molar-refractivity contribution is 5.80. The Balaban J connectivity index is 1.32. The van der Waals surface area contributed by atoms with Gasteiger partial charge in [-0.25, -0.2) is 13.8 Å². The van der Waals surface area contributed by atoms with Crippen molar-refractivity contribution in [1.29, 1.82) is 0 Å². The second kappa shape index (κ2) is 7.00. The molecule has 1 saturated carbocycles. The number of benzene rings is 1. The SMILES string of the molecule is O=C(C1CC(F)(F)C1)N1CCC2(CCc3nc(-c4ccccc4)cc(=O)n3CC2)C1. The summed E-state index contributed by atoms with van der Waals surface area (Å²) in [6.45, 7) is 1.80. The number of alkyl halides is 2. The number of nitrogens with zero attached hydrogens (tertiary/aromatic N) is 3. The number of amides is 1. The topological polar surface area (TPSA) is 55.2 Å². The van der Waals surface area contributed by atoms with Gasteiger partial charge in [-0.1, -0.05) is 30.3 Å². The molecule has 1 unspecified atom stereocenters. The average molecular weight is 413 g/mol. The number of carbonyl (C=O) groups excluding carboxylic acids is 1. The quantitative estimate of drug-likeness (QED) is 0.757. The predicted octanol–water partition coefficient (Wildman–Crippen LogP) is 3.51. The summed E-state index contributed by atoms with van der Waals surface area (Å²) in [7, 11) is 0. The van der Waals surface area contributed by atoms with Gasteiger partial charge in [-0.05, 0) is 24.7 Å². The summed E-state index contributed by atoms with van der Waals surface area (Å²) in [6, 6.07) is 11.3. The van der Waals surface area contributed by atoms with Crippen LogP contribution in [-0.2, 0) is 17.8 Å². The normalized spacial score (nSPS) is 25.6. The molecule has 1 amide bonds. The third-order valence-electron chi connectivity index (χ3n) is 7.09. The number of halogens is 2. The molecule has 3 aliphatic rings. The lowest BCUT2D eigenvalue weighted by atomic mass is 9.79. The number of fused-ring (bicyclic) bond motifs is 1. The summed E-state index contributed by atoms with van der Waals surface area (Å²) in [5.41, 5.74) is 1.51. The van der Waals surface area contributed by atoms with E-state index < -0.39 is 11.8 Å². The first kappa shape index (κ1) is 19.4. The molecule has 0 N–H and O–H groups in total. The Morgan fingerprint density at radius 1 is 1.07 bits per heavy atom. The zero-order valence-electron chi connectivity index (χ0n) is 16.8. The molecular weight excluding hydrogens is 388 g/mol. The van der Waals surface area contributed by atoms with E-state index in [4.69, 9.17) is 4.98 Å². The van der Waals surface area contributed by atoms with Gasteiger partial charge in [0, 0.05) is 56.4 Å². The number of hydrogen-bond acceptors (Lipinski definition) is 3. The van der Waals surface area contributed by atoms with E-state index >= 15 is 0 Å². The van der Waals surface area contributed by atoms with E-state index in [9.17, 15) is 18.4 Å². The fourth-order valence-electron chi connectivity index (χ4n) is 5.22. The van der Waals surface area contributed by atoms with Gasteiger partial charge in [-0.15, -0.1) is 0 Å². The molecule has 0 radical (unpaired) electrons. The maximum absolute atomic E-state index is 13.2. The highest BCUT2D eigenvalue weighted by Crippen LogP contribution is 2.46. The molecule has 0 bridgehead atoms. The highest BCUT2D eigenvalue weighted by Gasteiger charge is 2.51. The second-order valence-corrected chi connectivity index (χ2v) is 9.13. The van der Waals surface area contributed by atoms with E-state index in [0.29, 0.717) is 31.7 Å². The van der Waals surface area contributed by atoms with Crippen LogP contribution >= 0.6 is 0 Å². The largest absolute Gasteiger partial charge is 0.342 e. The van der Waals surface area contributed by atoms with Crippen LogP contribution in [-0.4, -0.2) is 39.4 Å². The lowest BCUT2D eigenvalue weighted by Crippen LogP contribution is -2.46. The number of rotatable bonds is 2. The van der Waals surface area contributed by atoms with Crippen LogP contribution in [0, 0.1) is 11.3 Å². The molecule has 1 aromatic carbocycles. The predicted molar refractivity (Wildman–Crippen MR) is 108 cm³/mol. The Hall–Kier alpha value is -2.57. The molecule has 5 nitrogen and oxygen atoms in total. The van der Waals surface area contributed by atoms with Gasteiger partial charge in [0.2, 0.25) is 11.8 Å². The number of carbonyl (C=O) groups is 1. The van der Waals surface area contributed by atoms with Crippen molar-refractivity contribution in [2.24, 2.45) is 11.3 Å². The second-order valence-electron chi connectivity index (χ2n) is 9.13. The Bertz CT molecular complexity index is 1030. The lowest BCUT2D eigenvalue weighted by Gasteiger charge is -2.36. The van der Waals surface area contributed by atoms with Crippen LogP contribution in [0.5, 0.6) is 0 Å². The smallest absolute Gasteiger partial charge is 0.254 e. The Kier molecular flexibility index (Phi) is 4.52. The zero-order valence-corrected chi connectivity index (χ0v) is 16.8. The molecule has 1 atom stereocenters. The van der Waals surface area contributed by atoms with E-state index in [1.54, 1.807) is 15.5 Å². The molecule has 3 heterocycles. The molecule has 30 heavy (non-hydrogen) atoms. The fraction of sp³-hybridized carbons (Fsp3) is 0.522. The van der Waals surface area contributed by atoms with Gasteiger partial charge in [0.25, 0.3) is 5.56 Å². The number of aryl methyl sites for hydroxylation is 1. The van der Waals surface area contributed by atoms with Crippen molar-refractivity contribution in [3.05, 3.63) is 52.6 Å². The number of likely N-dealkylation sites (tertiary alicyclic amines) is 1. The van der Waals surface area contributed by atoms with Gasteiger partial charge in [-0.3, -0.25) is 14.2 Å². The maximum atomic E-state index is 13.2. The summed E-state index contributed by atoms with van der Waals surface area (Å²) >= 11 is 0. The number of hydrogen-bond donors (Lipinski definition) is 0. The van der Waals surface area contributed by atoms with E-state index in [-0.39, 0.29) is 29.7 Å². The van der Waals surface area contributed by atoms with Crippen molar-refractivity contribution >= 4 is 5.91 Å².